The smallest absolute Gasteiger partial charge is 0.296 e. The molecule has 1 aromatic heterocycles. The van der Waals surface area contributed by atoms with Crippen molar-refractivity contribution in [1.29, 1.82) is 0 Å². The Kier molecular flexibility index (Phi) is 5.04. The summed E-state index contributed by atoms with van der Waals surface area (Å²) in [7, 11) is 0. The fraction of sp³-hybridized carbons (Fsp3) is 0.478. The van der Waals surface area contributed by atoms with Gasteiger partial charge >= 0.3 is 0 Å². The van der Waals surface area contributed by atoms with Gasteiger partial charge in [-0.3, -0.25) is 14.5 Å². The molecule has 8 heteroatoms. The number of carbonyl (C=O) groups excluding carboxylic acids is 2. The van der Waals surface area contributed by atoms with Crippen LogP contribution >= 0.6 is 11.3 Å². The summed E-state index contributed by atoms with van der Waals surface area (Å²) in [6.07, 6.45) is 4.08. The number of ether oxygens (including phenoxy) is 1. The molecule has 0 saturated heterocycles. The number of Topliss-reactive ketones (excluding diaryl/α,β-unsaturated/α-hetero) is 1. The average molecular weight is 440 g/mol. The number of rotatable bonds is 4. The second kappa shape index (κ2) is 7.75. The first kappa shape index (κ1) is 20.2. The summed E-state index contributed by atoms with van der Waals surface area (Å²) < 4.78 is 6.16. The molecule has 1 aromatic carbocycles. The molecule has 0 radical (unpaired) electrons. The van der Waals surface area contributed by atoms with Crippen LogP contribution in [0.4, 0.5) is 5.13 Å². The van der Waals surface area contributed by atoms with Crippen LogP contribution in [0.25, 0.3) is 0 Å². The van der Waals surface area contributed by atoms with Crippen LogP contribution in [0.15, 0.2) is 35.6 Å². The van der Waals surface area contributed by atoms with Crippen molar-refractivity contribution in [2.45, 2.75) is 58.1 Å². The number of ketones is 1. The molecule has 0 spiro atoms. The number of phenols is 1. The van der Waals surface area contributed by atoms with Gasteiger partial charge in [-0.15, -0.1) is 10.2 Å². The minimum absolute atomic E-state index is 0.0120. The maximum atomic E-state index is 13.6. The van der Waals surface area contributed by atoms with Crippen molar-refractivity contribution < 1.29 is 19.4 Å². The molecular formula is C23H25N3O4S. The number of hydrogen-bond donors (Lipinski definition) is 1. The van der Waals surface area contributed by atoms with Crippen LogP contribution in [0, 0.1) is 11.8 Å². The third kappa shape index (κ3) is 3.43. The second-order valence-electron chi connectivity index (χ2n) is 8.90. The van der Waals surface area contributed by atoms with Crippen LogP contribution < -0.4 is 4.90 Å². The van der Waals surface area contributed by atoms with E-state index in [1.54, 1.807) is 18.2 Å². The van der Waals surface area contributed by atoms with Gasteiger partial charge in [0.2, 0.25) is 5.13 Å². The molecule has 3 atom stereocenters. The molecule has 1 fully saturated rings. The molecule has 31 heavy (non-hydrogen) atoms. The molecular weight excluding hydrogens is 414 g/mol. The number of anilines is 1. The molecule has 162 valence electrons. The molecule has 5 rings (SSSR count). The van der Waals surface area contributed by atoms with Gasteiger partial charge in [-0.1, -0.05) is 43.7 Å². The third-order valence-corrected chi connectivity index (χ3v) is 7.14. The highest BCUT2D eigenvalue weighted by molar-refractivity contribution is 7.15. The number of amides is 1. The summed E-state index contributed by atoms with van der Waals surface area (Å²) >= 11 is 1.36. The Labute approximate surface area is 184 Å². The van der Waals surface area contributed by atoms with Gasteiger partial charge in [0.15, 0.2) is 11.5 Å². The highest BCUT2D eigenvalue weighted by atomic mass is 32.1. The topological polar surface area (TPSA) is 92.6 Å². The van der Waals surface area contributed by atoms with E-state index in [4.69, 9.17) is 4.74 Å². The van der Waals surface area contributed by atoms with Crippen LogP contribution in [-0.2, 0) is 20.7 Å². The van der Waals surface area contributed by atoms with Crippen molar-refractivity contribution in [1.82, 2.24) is 10.2 Å². The van der Waals surface area contributed by atoms with Crippen LogP contribution in [-0.4, -0.2) is 33.1 Å². The molecule has 3 unspecified atom stereocenters. The van der Waals surface area contributed by atoms with Crippen LogP contribution in [0.1, 0.15) is 56.1 Å². The first-order valence-electron chi connectivity index (χ1n) is 10.8. The highest BCUT2D eigenvalue weighted by Crippen LogP contribution is 2.49. The maximum absolute atomic E-state index is 13.6. The fourth-order valence-corrected chi connectivity index (χ4v) is 5.90. The van der Waals surface area contributed by atoms with Gasteiger partial charge in [0.05, 0.1) is 17.5 Å². The lowest BCUT2D eigenvalue weighted by atomic mass is 9.77. The van der Waals surface area contributed by atoms with Gasteiger partial charge in [-0.2, -0.15) is 0 Å². The van der Waals surface area contributed by atoms with Gasteiger partial charge in [0.1, 0.15) is 16.9 Å². The lowest BCUT2D eigenvalue weighted by Gasteiger charge is -2.35. The van der Waals surface area contributed by atoms with Crippen molar-refractivity contribution in [3.8, 4) is 5.75 Å². The molecule has 2 aromatic rings. The van der Waals surface area contributed by atoms with Crippen LogP contribution in [0.3, 0.4) is 0 Å². The molecule has 3 heterocycles. The second-order valence-corrected chi connectivity index (χ2v) is 9.94. The highest BCUT2D eigenvalue weighted by Gasteiger charge is 2.53. The monoisotopic (exact) mass is 439 g/mol. The van der Waals surface area contributed by atoms with E-state index in [9.17, 15) is 14.7 Å². The van der Waals surface area contributed by atoms with E-state index < -0.39 is 6.04 Å². The predicted molar refractivity (Wildman–Crippen MR) is 116 cm³/mol. The van der Waals surface area contributed by atoms with Gasteiger partial charge in [0.25, 0.3) is 5.91 Å². The lowest BCUT2D eigenvalue weighted by molar-refractivity contribution is -0.131. The van der Waals surface area contributed by atoms with Crippen LogP contribution in [0.5, 0.6) is 5.75 Å². The van der Waals surface area contributed by atoms with Gasteiger partial charge in [0, 0.05) is 6.42 Å². The number of aromatic hydroxyl groups is 1. The Balaban J connectivity index is 1.61. The van der Waals surface area contributed by atoms with Crippen molar-refractivity contribution in [2.24, 2.45) is 11.8 Å². The van der Waals surface area contributed by atoms with E-state index in [1.807, 2.05) is 6.07 Å². The quantitative estimate of drug-likeness (QED) is 0.776. The van der Waals surface area contributed by atoms with Crippen molar-refractivity contribution in [2.75, 3.05) is 4.90 Å². The zero-order chi connectivity index (χ0) is 21.7. The van der Waals surface area contributed by atoms with E-state index in [0.717, 1.165) is 37.1 Å². The Morgan fingerprint density at radius 3 is 2.81 bits per heavy atom. The molecule has 1 aliphatic carbocycles. The summed E-state index contributed by atoms with van der Waals surface area (Å²) in [4.78, 5) is 28.6. The third-order valence-electron chi connectivity index (χ3n) is 6.19. The minimum atomic E-state index is -0.676. The summed E-state index contributed by atoms with van der Waals surface area (Å²) in [5.74, 6) is 0.0517. The van der Waals surface area contributed by atoms with Crippen molar-refractivity contribution in [3.63, 3.8) is 0 Å². The van der Waals surface area contributed by atoms with E-state index in [0.29, 0.717) is 22.2 Å². The Morgan fingerprint density at radius 1 is 1.23 bits per heavy atom. The molecule has 1 saturated carbocycles. The average Bonchev–Trinajstić information content (AvgIpc) is 3.30. The van der Waals surface area contributed by atoms with E-state index in [-0.39, 0.29) is 35.2 Å². The molecule has 2 aliphatic heterocycles. The zero-order valence-electron chi connectivity index (χ0n) is 17.6. The lowest BCUT2D eigenvalue weighted by Crippen LogP contribution is -2.39. The van der Waals surface area contributed by atoms with Gasteiger partial charge < -0.3 is 9.84 Å². The number of aromatic nitrogens is 2. The molecule has 1 amide bonds. The number of hydrogen-bond acceptors (Lipinski definition) is 7. The number of carbonyl (C=O) groups is 2. The number of fused-ring (bicyclic) bond motifs is 1. The Morgan fingerprint density at radius 2 is 2.03 bits per heavy atom. The summed E-state index contributed by atoms with van der Waals surface area (Å²) in [5.41, 5.74) is 1.05. The van der Waals surface area contributed by atoms with Crippen molar-refractivity contribution >= 4 is 28.2 Å². The molecule has 1 N–H and O–H groups in total. The summed E-state index contributed by atoms with van der Waals surface area (Å²) in [6, 6.07) is 6.02. The van der Waals surface area contributed by atoms with Gasteiger partial charge in [-0.25, -0.2) is 0 Å². The Bertz CT molecular complexity index is 1080. The minimum Gasteiger partial charge on any atom is -0.508 e. The molecule has 0 bridgehead atoms. The zero-order valence-corrected chi connectivity index (χ0v) is 18.4. The SMILES string of the molecule is CC(C)Cc1nnc(N2C(=O)C3=C(C(=O)C4CCCCC4O3)C2c2cccc(O)c2)s1. The molecule has 7 nitrogen and oxygen atoms in total. The summed E-state index contributed by atoms with van der Waals surface area (Å²) in [6.45, 7) is 4.21. The van der Waals surface area contributed by atoms with E-state index in [2.05, 4.69) is 24.0 Å². The number of benzene rings is 1. The summed E-state index contributed by atoms with van der Waals surface area (Å²) in [5, 5.41) is 19.9. The standard InChI is InChI=1S/C23H25N3O4S/c1-12(2)10-17-24-25-23(31-17)26-19(13-6-5-7-14(27)11-13)18-20(28)15-8-3-4-9-16(15)30-21(18)22(26)29/h5-7,11-12,15-16,19,27H,3-4,8-10H2,1-2H3. The predicted octanol–water partition coefficient (Wildman–Crippen LogP) is 3.94. The van der Waals surface area contributed by atoms with Crippen molar-refractivity contribution in [3.05, 3.63) is 46.2 Å². The first-order valence-corrected chi connectivity index (χ1v) is 11.7. The normalized spacial score (nSPS) is 25.6. The largest absolute Gasteiger partial charge is 0.508 e. The molecule has 3 aliphatic rings. The fourth-order valence-electron chi connectivity index (χ4n) is 4.83. The van der Waals surface area contributed by atoms with Gasteiger partial charge in [-0.05, 0) is 42.9 Å². The number of nitrogens with zero attached hydrogens (tertiary/aromatic N) is 3. The van der Waals surface area contributed by atoms with E-state index in [1.165, 1.54) is 16.2 Å². The maximum Gasteiger partial charge on any atom is 0.296 e. The number of phenolic OH excluding ortho intramolecular Hbond substituents is 1. The van der Waals surface area contributed by atoms with Crippen LogP contribution in [0.2, 0.25) is 0 Å². The first-order chi connectivity index (χ1) is 14.9. The van der Waals surface area contributed by atoms with E-state index >= 15 is 0 Å². The Hall–Kier alpha value is -2.74.